The van der Waals surface area contributed by atoms with E-state index in [1.165, 1.54) is 12.1 Å². The zero-order valence-corrected chi connectivity index (χ0v) is 19.2. The topological polar surface area (TPSA) is 74.8 Å². The zero-order valence-electron chi connectivity index (χ0n) is 18.4. The fourth-order valence-electron chi connectivity index (χ4n) is 3.59. The second-order valence-corrected chi connectivity index (χ2v) is 8.30. The molecule has 0 spiro atoms. The molecule has 1 aliphatic rings. The summed E-state index contributed by atoms with van der Waals surface area (Å²) < 4.78 is 18.5. The molecule has 9 heteroatoms. The molecule has 2 aromatic carbocycles. The van der Waals surface area contributed by atoms with Gasteiger partial charge in [-0.15, -0.1) is 0 Å². The quantitative estimate of drug-likeness (QED) is 0.554. The van der Waals surface area contributed by atoms with Crippen LogP contribution < -0.4 is 15.0 Å². The van der Waals surface area contributed by atoms with Gasteiger partial charge in [-0.1, -0.05) is 23.7 Å². The van der Waals surface area contributed by atoms with Crippen LogP contribution in [0.5, 0.6) is 5.75 Å². The SMILES string of the molecule is O=C(Cc1ccc(F)cc1)Nc1ccc(N2CCN(C(=O)COc3ccc(Cl)cc3)CC2)nc1. The van der Waals surface area contributed by atoms with Crippen molar-refractivity contribution in [3.63, 3.8) is 0 Å². The third-order valence-corrected chi connectivity index (χ3v) is 5.69. The molecule has 0 saturated carbocycles. The molecule has 176 valence electrons. The van der Waals surface area contributed by atoms with Gasteiger partial charge < -0.3 is 19.9 Å². The van der Waals surface area contributed by atoms with Gasteiger partial charge in [-0.3, -0.25) is 9.59 Å². The number of pyridine rings is 1. The number of aromatic nitrogens is 1. The average Bonchev–Trinajstić information content (AvgIpc) is 2.85. The molecule has 3 aromatic rings. The Morgan fingerprint density at radius 2 is 1.68 bits per heavy atom. The smallest absolute Gasteiger partial charge is 0.260 e. The molecule has 1 aliphatic heterocycles. The molecule has 2 amide bonds. The molecule has 34 heavy (non-hydrogen) atoms. The summed E-state index contributed by atoms with van der Waals surface area (Å²) in [5.41, 5.74) is 1.32. The highest BCUT2D eigenvalue weighted by Gasteiger charge is 2.22. The number of hydrogen-bond acceptors (Lipinski definition) is 5. The Bertz CT molecular complexity index is 1120. The maximum Gasteiger partial charge on any atom is 0.260 e. The van der Waals surface area contributed by atoms with Crippen molar-refractivity contribution in [1.29, 1.82) is 0 Å². The van der Waals surface area contributed by atoms with E-state index in [-0.39, 0.29) is 30.7 Å². The maximum absolute atomic E-state index is 13.0. The summed E-state index contributed by atoms with van der Waals surface area (Å²) in [6.07, 6.45) is 1.76. The van der Waals surface area contributed by atoms with Gasteiger partial charge in [0.15, 0.2) is 6.61 Å². The molecular formula is C25H24ClFN4O3. The van der Waals surface area contributed by atoms with Gasteiger partial charge in [0.1, 0.15) is 17.4 Å². The van der Waals surface area contributed by atoms with E-state index >= 15 is 0 Å². The molecule has 0 radical (unpaired) electrons. The van der Waals surface area contributed by atoms with Crippen LogP contribution in [0.4, 0.5) is 15.9 Å². The number of rotatable bonds is 7. The second kappa shape index (κ2) is 11.0. The van der Waals surface area contributed by atoms with E-state index in [2.05, 4.69) is 15.2 Å². The summed E-state index contributed by atoms with van der Waals surface area (Å²) in [5.74, 6) is 0.780. The van der Waals surface area contributed by atoms with Crippen LogP contribution >= 0.6 is 11.6 Å². The van der Waals surface area contributed by atoms with Crippen molar-refractivity contribution in [3.05, 3.63) is 83.3 Å². The second-order valence-electron chi connectivity index (χ2n) is 7.87. The summed E-state index contributed by atoms with van der Waals surface area (Å²) in [5, 5.41) is 3.41. The lowest BCUT2D eigenvalue weighted by atomic mass is 10.1. The number of piperazine rings is 1. The van der Waals surface area contributed by atoms with Gasteiger partial charge in [0.05, 0.1) is 18.3 Å². The number of hydrogen-bond donors (Lipinski definition) is 1. The van der Waals surface area contributed by atoms with Crippen molar-refractivity contribution in [3.8, 4) is 5.75 Å². The Morgan fingerprint density at radius 1 is 0.971 bits per heavy atom. The zero-order chi connectivity index (χ0) is 23.9. The standard InChI is InChI=1S/C25H24ClFN4O3/c26-19-3-8-22(9-4-19)34-17-25(33)31-13-11-30(12-14-31)23-10-7-21(16-28-23)29-24(32)15-18-1-5-20(27)6-2-18/h1-10,16H,11-15,17H2,(H,29,32). The number of nitrogens with one attached hydrogen (secondary N) is 1. The summed E-state index contributed by atoms with van der Waals surface area (Å²) in [7, 11) is 0. The average molecular weight is 483 g/mol. The van der Waals surface area contributed by atoms with Gasteiger partial charge in [0.2, 0.25) is 5.91 Å². The Kier molecular flexibility index (Phi) is 7.59. The largest absolute Gasteiger partial charge is 0.484 e. The highest BCUT2D eigenvalue weighted by molar-refractivity contribution is 6.30. The van der Waals surface area contributed by atoms with Crippen LogP contribution in [0.3, 0.4) is 0 Å². The number of carbonyl (C=O) groups is 2. The lowest BCUT2D eigenvalue weighted by Gasteiger charge is -2.35. The van der Waals surface area contributed by atoms with Gasteiger partial charge in [-0.25, -0.2) is 9.37 Å². The van der Waals surface area contributed by atoms with E-state index in [0.717, 1.165) is 11.4 Å². The highest BCUT2D eigenvalue weighted by atomic mass is 35.5. The number of nitrogens with zero attached hydrogens (tertiary/aromatic N) is 3. The number of carbonyl (C=O) groups excluding carboxylic acids is 2. The maximum atomic E-state index is 13.0. The van der Waals surface area contributed by atoms with Crippen LogP contribution in [0.1, 0.15) is 5.56 Å². The van der Waals surface area contributed by atoms with Crippen LogP contribution in [0.15, 0.2) is 66.9 Å². The minimum Gasteiger partial charge on any atom is -0.484 e. The molecule has 2 heterocycles. The molecule has 4 rings (SSSR count). The molecule has 7 nitrogen and oxygen atoms in total. The minimum atomic E-state index is -0.333. The first-order chi connectivity index (χ1) is 16.5. The number of ether oxygens (including phenoxy) is 1. The molecule has 1 N–H and O–H groups in total. The molecule has 0 aliphatic carbocycles. The van der Waals surface area contributed by atoms with Crippen molar-refractivity contribution < 1.29 is 18.7 Å². The normalized spacial score (nSPS) is 13.5. The Labute approximate surface area is 202 Å². The van der Waals surface area contributed by atoms with Crippen LogP contribution in [0.2, 0.25) is 5.02 Å². The van der Waals surface area contributed by atoms with Crippen LogP contribution in [-0.4, -0.2) is 54.5 Å². The minimum absolute atomic E-state index is 0.0216. The fourth-order valence-corrected chi connectivity index (χ4v) is 3.72. The Morgan fingerprint density at radius 3 is 2.32 bits per heavy atom. The molecule has 1 aromatic heterocycles. The summed E-state index contributed by atoms with van der Waals surface area (Å²) in [6.45, 7) is 2.42. The van der Waals surface area contributed by atoms with E-state index < -0.39 is 0 Å². The van der Waals surface area contributed by atoms with Crippen molar-refractivity contribution >= 4 is 34.9 Å². The van der Waals surface area contributed by atoms with E-state index in [0.29, 0.717) is 42.6 Å². The Hall–Kier alpha value is -3.65. The number of anilines is 2. The van der Waals surface area contributed by atoms with Gasteiger partial charge in [-0.2, -0.15) is 0 Å². The predicted octanol–water partition coefficient (Wildman–Crippen LogP) is 3.78. The molecule has 1 fully saturated rings. The monoisotopic (exact) mass is 482 g/mol. The van der Waals surface area contributed by atoms with Crippen molar-refractivity contribution in [2.24, 2.45) is 0 Å². The van der Waals surface area contributed by atoms with Gasteiger partial charge in [0, 0.05) is 31.2 Å². The van der Waals surface area contributed by atoms with Crippen molar-refractivity contribution in [1.82, 2.24) is 9.88 Å². The molecule has 1 saturated heterocycles. The van der Waals surface area contributed by atoms with Gasteiger partial charge in [0.25, 0.3) is 5.91 Å². The fraction of sp³-hybridized carbons (Fsp3) is 0.240. The lowest BCUT2D eigenvalue weighted by molar-refractivity contribution is -0.133. The lowest BCUT2D eigenvalue weighted by Crippen LogP contribution is -2.50. The third-order valence-electron chi connectivity index (χ3n) is 5.44. The first-order valence-corrected chi connectivity index (χ1v) is 11.3. The van der Waals surface area contributed by atoms with Gasteiger partial charge in [-0.05, 0) is 54.1 Å². The van der Waals surface area contributed by atoms with E-state index in [4.69, 9.17) is 16.3 Å². The van der Waals surface area contributed by atoms with Crippen molar-refractivity contribution in [2.45, 2.75) is 6.42 Å². The predicted molar refractivity (Wildman–Crippen MR) is 129 cm³/mol. The Balaban J connectivity index is 1.22. The van der Waals surface area contributed by atoms with Crippen LogP contribution in [-0.2, 0) is 16.0 Å². The van der Waals surface area contributed by atoms with Crippen LogP contribution in [0, 0.1) is 5.82 Å². The molecule has 0 unspecified atom stereocenters. The summed E-state index contributed by atoms with van der Waals surface area (Å²) >= 11 is 5.86. The number of halogens is 2. The van der Waals surface area contributed by atoms with Crippen molar-refractivity contribution in [2.75, 3.05) is 43.0 Å². The summed E-state index contributed by atoms with van der Waals surface area (Å²) in [6, 6.07) is 16.4. The number of amides is 2. The van der Waals surface area contributed by atoms with E-state index in [1.54, 1.807) is 53.6 Å². The molecule has 0 atom stereocenters. The van der Waals surface area contributed by atoms with E-state index in [1.807, 2.05) is 6.07 Å². The van der Waals surface area contributed by atoms with Gasteiger partial charge >= 0.3 is 0 Å². The molecular weight excluding hydrogens is 459 g/mol. The number of benzene rings is 2. The summed E-state index contributed by atoms with van der Waals surface area (Å²) in [4.78, 5) is 33.0. The third kappa shape index (κ3) is 6.45. The first-order valence-electron chi connectivity index (χ1n) is 10.9. The highest BCUT2D eigenvalue weighted by Crippen LogP contribution is 2.18. The van der Waals surface area contributed by atoms with Crippen LogP contribution in [0.25, 0.3) is 0 Å². The van der Waals surface area contributed by atoms with E-state index in [9.17, 15) is 14.0 Å². The molecule has 0 bridgehead atoms. The first kappa shape index (κ1) is 23.5.